The number of carbonyl (C=O) groups excluding carboxylic acids is 2. The van der Waals surface area contributed by atoms with Crippen molar-refractivity contribution in [2.75, 3.05) is 19.8 Å². The van der Waals surface area contributed by atoms with Crippen molar-refractivity contribution in [2.24, 2.45) is 5.73 Å². The summed E-state index contributed by atoms with van der Waals surface area (Å²) in [5.74, 6) is -2.13. The van der Waals surface area contributed by atoms with Crippen LogP contribution in [0.3, 0.4) is 0 Å². The number of hydrogen-bond donors (Lipinski definition) is 2. The van der Waals surface area contributed by atoms with Crippen LogP contribution >= 0.6 is 11.6 Å². The number of nitrogens with one attached hydrogen (secondary N) is 1. The molecule has 7 nitrogen and oxygen atoms in total. The highest BCUT2D eigenvalue weighted by molar-refractivity contribution is 6.30. The number of aromatic nitrogens is 1. The number of hydrogen-bond acceptors (Lipinski definition) is 7. The first-order chi connectivity index (χ1) is 23.0. The van der Waals surface area contributed by atoms with E-state index in [1.807, 2.05) is 42.5 Å². The summed E-state index contributed by atoms with van der Waals surface area (Å²) < 4.78 is 63.0. The van der Waals surface area contributed by atoms with Crippen LogP contribution in [-0.4, -0.2) is 60.9 Å². The van der Waals surface area contributed by atoms with E-state index >= 15 is 4.39 Å². The Kier molecular flexibility index (Phi) is 11.8. The first kappa shape index (κ1) is 35.4. The zero-order valence-electron chi connectivity index (χ0n) is 26.0. The second-order valence-electron chi connectivity index (χ2n) is 11.9. The van der Waals surface area contributed by atoms with Gasteiger partial charge in [-0.2, -0.15) is 13.2 Å². The Labute approximate surface area is 280 Å². The minimum absolute atomic E-state index is 0.0765. The molecular weight excluding hydrogens is 650 g/mol. The molecule has 0 spiro atoms. The van der Waals surface area contributed by atoms with Gasteiger partial charge < -0.3 is 20.5 Å². The van der Waals surface area contributed by atoms with E-state index in [0.717, 1.165) is 22.0 Å². The van der Waals surface area contributed by atoms with Crippen molar-refractivity contribution in [1.82, 2.24) is 10.3 Å². The minimum Gasteiger partial charge on any atom is -0.464 e. The maximum Gasteiger partial charge on any atom is 0.389 e. The first-order valence-electron chi connectivity index (χ1n) is 15.7. The lowest BCUT2D eigenvalue weighted by Gasteiger charge is -2.30. The van der Waals surface area contributed by atoms with Gasteiger partial charge in [0.25, 0.3) is 0 Å². The van der Waals surface area contributed by atoms with Crippen LogP contribution in [0.5, 0.6) is 0 Å². The molecule has 4 aromatic rings. The van der Waals surface area contributed by atoms with Gasteiger partial charge >= 0.3 is 12.1 Å². The number of benzene rings is 3. The average molecular weight is 686 g/mol. The summed E-state index contributed by atoms with van der Waals surface area (Å²) in [6.45, 7) is 0.432. The third-order valence-corrected chi connectivity index (χ3v) is 8.75. The molecule has 1 aliphatic heterocycles. The van der Waals surface area contributed by atoms with Crippen LogP contribution in [0.4, 0.5) is 17.6 Å². The number of alkyl halides is 3. The van der Waals surface area contributed by atoms with Crippen LogP contribution in [0.15, 0.2) is 79.0 Å². The summed E-state index contributed by atoms with van der Waals surface area (Å²) in [6, 6.07) is 20.0. The molecule has 3 aromatic carbocycles. The summed E-state index contributed by atoms with van der Waals surface area (Å²) in [6.07, 6.45) is -4.33. The Morgan fingerprint density at radius 3 is 2.56 bits per heavy atom. The molecular formula is C36H36ClF4N3O4. The number of nitrogens with zero attached hydrogens (tertiary/aromatic N) is 1. The number of morpholine rings is 1. The maximum absolute atomic E-state index is 15.2. The summed E-state index contributed by atoms with van der Waals surface area (Å²) in [4.78, 5) is 30.0. The number of halogens is 5. The molecule has 3 N–H and O–H groups in total. The van der Waals surface area contributed by atoms with E-state index in [1.54, 1.807) is 30.5 Å². The molecule has 12 heteroatoms. The Morgan fingerprint density at radius 2 is 1.83 bits per heavy atom. The summed E-state index contributed by atoms with van der Waals surface area (Å²) in [7, 11) is 0. The van der Waals surface area contributed by atoms with Gasteiger partial charge in [-0.3, -0.25) is 14.6 Å². The van der Waals surface area contributed by atoms with Crippen molar-refractivity contribution in [3.05, 3.63) is 112 Å². The Bertz CT molecular complexity index is 1710. The summed E-state index contributed by atoms with van der Waals surface area (Å²) in [5.41, 5.74) is 10.1. The van der Waals surface area contributed by atoms with E-state index in [-0.39, 0.29) is 37.6 Å². The fourth-order valence-corrected chi connectivity index (χ4v) is 6.08. The second-order valence-corrected chi connectivity index (χ2v) is 12.3. The van der Waals surface area contributed by atoms with E-state index in [0.29, 0.717) is 35.5 Å². The predicted octanol–water partition coefficient (Wildman–Crippen LogP) is 6.47. The smallest absolute Gasteiger partial charge is 0.389 e. The van der Waals surface area contributed by atoms with Crippen molar-refractivity contribution in [3.63, 3.8) is 0 Å². The molecule has 254 valence electrons. The van der Waals surface area contributed by atoms with Crippen LogP contribution in [0.1, 0.15) is 47.4 Å². The van der Waals surface area contributed by atoms with Crippen molar-refractivity contribution < 1.29 is 36.6 Å². The quantitative estimate of drug-likeness (QED) is 0.123. The zero-order valence-corrected chi connectivity index (χ0v) is 26.8. The number of nitrogens with two attached hydrogens (primary N) is 1. The molecule has 2 heterocycles. The Balaban J connectivity index is 1.23. The fraction of sp³-hybridized carbons (Fsp3) is 0.361. The standard InChI is InChI=1S/C36H36ClF4N3O4/c37-24-10-8-22(9-11-24)34(29-15-17-43-31-7-2-1-5-28(29)31)35(42)32(45)18-23-4-3-6-30(38)27(23)13-12-26-19-44-25(20-47-26)21-48-33(46)14-16-36(39,40)41/h1-11,15,17,25-26,34-35,44H,12-14,16,18-21,42H2/t25-,26+,34-,35+/m0/s1. The van der Waals surface area contributed by atoms with E-state index in [1.165, 1.54) is 6.07 Å². The lowest BCUT2D eigenvalue weighted by Crippen LogP contribution is -2.49. The normalized spacial score (nSPS) is 18.0. The molecule has 1 aliphatic rings. The van der Waals surface area contributed by atoms with E-state index in [4.69, 9.17) is 26.8 Å². The number of para-hydroxylation sites is 1. The van der Waals surface area contributed by atoms with Gasteiger partial charge in [0.2, 0.25) is 0 Å². The fourth-order valence-electron chi connectivity index (χ4n) is 5.96. The van der Waals surface area contributed by atoms with Gasteiger partial charge in [-0.25, -0.2) is 4.39 Å². The van der Waals surface area contributed by atoms with Crippen LogP contribution < -0.4 is 11.1 Å². The van der Waals surface area contributed by atoms with Crippen LogP contribution in [-0.2, 0) is 31.9 Å². The Morgan fingerprint density at radius 1 is 1.06 bits per heavy atom. The number of ether oxygens (including phenoxy) is 2. The molecule has 0 aliphatic carbocycles. The van der Waals surface area contributed by atoms with Crippen LogP contribution in [0.2, 0.25) is 5.02 Å². The van der Waals surface area contributed by atoms with Crippen molar-refractivity contribution in [2.45, 2.75) is 62.4 Å². The van der Waals surface area contributed by atoms with Gasteiger partial charge in [0.05, 0.1) is 43.2 Å². The summed E-state index contributed by atoms with van der Waals surface area (Å²) in [5, 5.41) is 4.59. The van der Waals surface area contributed by atoms with Gasteiger partial charge in [0.1, 0.15) is 12.4 Å². The first-order valence-corrected chi connectivity index (χ1v) is 16.1. The molecule has 0 unspecified atom stereocenters. The largest absolute Gasteiger partial charge is 0.464 e. The molecule has 4 atom stereocenters. The second kappa shape index (κ2) is 16.0. The lowest BCUT2D eigenvalue weighted by atomic mass is 9.81. The van der Waals surface area contributed by atoms with Gasteiger partial charge in [0, 0.05) is 35.5 Å². The minimum atomic E-state index is -4.43. The van der Waals surface area contributed by atoms with Crippen molar-refractivity contribution in [3.8, 4) is 0 Å². The maximum atomic E-state index is 15.2. The summed E-state index contributed by atoms with van der Waals surface area (Å²) >= 11 is 6.17. The topological polar surface area (TPSA) is 104 Å². The monoisotopic (exact) mass is 685 g/mol. The molecule has 0 amide bonds. The number of Topliss-reactive ketones (excluding diaryl/α,β-unsaturated/α-hetero) is 1. The number of rotatable bonds is 13. The highest BCUT2D eigenvalue weighted by atomic mass is 35.5. The van der Waals surface area contributed by atoms with Gasteiger partial charge in [-0.1, -0.05) is 54.1 Å². The van der Waals surface area contributed by atoms with Gasteiger partial charge in [-0.15, -0.1) is 0 Å². The van der Waals surface area contributed by atoms with Crippen molar-refractivity contribution >= 4 is 34.3 Å². The number of pyridine rings is 1. The molecule has 5 rings (SSSR count). The molecule has 1 fully saturated rings. The van der Waals surface area contributed by atoms with Gasteiger partial charge in [-0.05, 0) is 65.4 Å². The lowest BCUT2D eigenvalue weighted by molar-refractivity contribution is -0.158. The highest BCUT2D eigenvalue weighted by Crippen LogP contribution is 2.34. The van der Waals surface area contributed by atoms with Crippen LogP contribution in [0, 0.1) is 5.82 Å². The number of carbonyl (C=O) groups is 2. The molecule has 0 radical (unpaired) electrons. The van der Waals surface area contributed by atoms with Crippen LogP contribution in [0.25, 0.3) is 10.9 Å². The van der Waals surface area contributed by atoms with E-state index in [9.17, 15) is 22.8 Å². The molecule has 1 aromatic heterocycles. The molecule has 1 saturated heterocycles. The zero-order chi connectivity index (χ0) is 34.3. The number of esters is 1. The Hall–Kier alpha value is -3.90. The third-order valence-electron chi connectivity index (χ3n) is 8.50. The van der Waals surface area contributed by atoms with Crippen molar-refractivity contribution in [1.29, 1.82) is 0 Å². The van der Waals surface area contributed by atoms with E-state index < -0.39 is 42.8 Å². The van der Waals surface area contributed by atoms with Gasteiger partial charge in [0.15, 0.2) is 5.78 Å². The number of ketones is 1. The highest BCUT2D eigenvalue weighted by Gasteiger charge is 2.31. The predicted molar refractivity (Wildman–Crippen MR) is 174 cm³/mol. The number of fused-ring (bicyclic) bond motifs is 1. The molecule has 0 bridgehead atoms. The SMILES string of the molecule is N[C@H](C(=O)Cc1cccc(F)c1CC[C@@H]1CN[C@H](COC(=O)CCC(F)(F)F)CO1)[C@@H](c1ccc(Cl)cc1)c1ccnc2ccccc12. The molecule has 48 heavy (non-hydrogen) atoms. The average Bonchev–Trinajstić information content (AvgIpc) is 3.07. The third kappa shape index (κ3) is 9.37. The molecule has 0 saturated carbocycles. The van der Waals surface area contributed by atoms with E-state index in [2.05, 4.69) is 10.3 Å².